The lowest BCUT2D eigenvalue weighted by atomic mass is 10.0. The Bertz CT molecular complexity index is 1600. The normalized spacial score (nSPS) is 14.4. The molecule has 3 N–H and O–H groups in total. The van der Waals surface area contributed by atoms with Gasteiger partial charge in [0.05, 0.1) is 26.4 Å². The third-order valence-corrected chi connectivity index (χ3v) is 16.1. The van der Waals surface area contributed by atoms with E-state index < -0.39 is 97.5 Å². The van der Waals surface area contributed by atoms with Crippen molar-refractivity contribution in [1.82, 2.24) is 0 Å². The quantitative estimate of drug-likeness (QED) is 0.0222. The average Bonchev–Trinajstić information content (AvgIpc) is 3.42. The van der Waals surface area contributed by atoms with Gasteiger partial charge in [0, 0.05) is 25.7 Å². The minimum absolute atomic E-state index is 0.102. The standard InChI is InChI=1S/C62H120O17P2/c1-7-9-11-13-15-17-18-22-26-33-39-45-60(65)73-50-57(78-61(66)46-40-34-27-23-19-21-24-30-36-42-54(3)4)52-76-80(68,69)74-48-56(63)49-75-81(70,71)77-53-58(79-62(67)47-41-35-29-28-31-37-43-55(5)6)51-72-59(64)44-38-32-25-20-16-14-12-10-8-2/h54-58,63H,7-53H2,1-6H3,(H,68,69)(H,70,71)/t56-,57-,58-/m1/s1. The minimum Gasteiger partial charge on any atom is -0.462 e. The van der Waals surface area contributed by atoms with Crippen molar-refractivity contribution in [3.05, 3.63) is 0 Å². The van der Waals surface area contributed by atoms with Gasteiger partial charge in [-0.25, -0.2) is 9.13 Å². The van der Waals surface area contributed by atoms with Gasteiger partial charge in [0.15, 0.2) is 12.2 Å². The highest BCUT2D eigenvalue weighted by molar-refractivity contribution is 7.47. The molecule has 0 aromatic heterocycles. The number of hydrogen-bond donors (Lipinski definition) is 3. The summed E-state index contributed by atoms with van der Waals surface area (Å²) in [5.74, 6) is -0.735. The molecule has 2 unspecified atom stereocenters. The molecule has 0 saturated carbocycles. The van der Waals surface area contributed by atoms with Crippen LogP contribution in [0.2, 0.25) is 0 Å². The fourth-order valence-corrected chi connectivity index (χ4v) is 10.8. The smallest absolute Gasteiger partial charge is 0.462 e. The molecule has 0 aromatic carbocycles. The van der Waals surface area contributed by atoms with E-state index in [9.17, 15) is 43.2 Å². The number of hydrogen-bond acceptors (Lipinski definition) is 15. The molecule has 5 atom stereocenters. The molecule has 0 radical (unpaired) electrons. The van der Waals surface area contributed by atoms with E-state index in [2.05, 4.69) is 41.5 Å². The van der Waals surface area contributed by atoms with Crippen LogP contribution in [0.4, 0.5) is 0 Å². The maximum atomic E-state index is 12.9. The van der Waals surface area contributed by atoms with E-state index in [1.807, 2.05) is 0 Å². The van der Waals surface area contributed by atoms with E-state index in [4.69, 9.17) is 37.0 Å². The number of rotatable bonds is 61. The maximum Gasteiger partial charge on any atom is 0.472 e. The predicted octanol–water partition coefficient (Wildman–Crippen LogP) is 16.9. The Morgan fingerprint density at radius 3 is 0.840 bits per heavy atom. The van der Waals surface area contributed by atoms with Crippen molar-refractivity contribution in [2.75, 3.05) is 39.6 Å². The molecule has 0 heterocycles. The lowest BCUT2D eigenvalue weighted by Gasteiger charge is -2.21. The van der Waals surface area contributed by atoms with Crippen molar-refractivity contribution in [3.8, 4) is 0 Å². The number of aliphatic hydroxyl groups is 1. The van der Waals surface area contributed by atoms with Crippen molar-refractivity contribution in [2.24, 2.45) is 11.8 Å². The molecule has 0 aliphatic heterocycles. The molecule has 0 spiro atoms. The second kappa shape index (κ2) is 54.7. The first-order valence-electron chi connectivity index (χ1n) is 32.5. The fourth-order valence-electron chi connectivity index (χ4n) is 9.18. The van der Waals surface area contributed by atoms with E-state index in [1.54, 1.807) is 0 Å². The Balaban J connectivity index is 5.23. The monoisotopic (exact) mass is 1200 g/mol. The van der Waals surface area contributed by atoms with Gasteiger partial charge in [-0.1, -0.05) is 253 Å². The van der Waals surface area contributed by atoms with Crippen molar-refractivity contribution in [2.45, 2.75) is 323 Å². The molecule has 0 rings (SSSR count). The van der Waals surface area contributed by atoms with E-state index in [0.717, 1.165) is 95.8 Å². The van der Waals surface area contributed by atoms with Gasteiger partial charge >= 0.3 is 39.5 Å². The summed E-state index contributed by atoms with van der Waals surface area (Å²) in [4.78, 5) is 72.0. The Labute approximate surface area is 492 Å². The third kappa shape index (κ3) is 56.9. The van der Waals surface area contributed by atoms with Gasteiger partial charge < -0.3 is 33.8 Å². The Kier molecular flexibility index (Phi) is 53.4. The second-order valence-electron chi connectivity index (χ2n) is 23.4. The molecule has 0 aromatic rings. The molecule has 0 bridgehead atoms. The zero-order valence-electron chi connectivity index (χ0n) is 52.1. The molecular formula is C62H120O17P2. The zero-order chi connectivity index (χ0) is 60.1. The van der Waals surface area contributed by atoms with Gasteiger partial charge in [0.25, 0.3) is 0 Å². The lowest BCUT2D eigenvalue weighted by Crippen LogP contribution is -2.30. The first kappa shape index (κ1) is 79.1. The Hall–Kier alpha value is -1.94. The van der Waals surface area contributed by atoms with Crippen LogP contribution in [-0.4, -0.2) is 96.7 Å². The highest BCUT2D eigenvalue weighted by atomic mass is 31.2. The van der Waals surface area contributed by atoms with Crippen LogP contribution in [0.3, 0.4) is 0 Å². The van der Waals surface area contributed by atoms with Crippen LogP contribution in [0.25, 0.3) is 0 Å². The SMILES string of the molecule is CCCCCCCCCCCCCC(=O)OC[C@H](COP(=O)(O)OC[C@@H](O)COP(=O)(O)OC[C@@H](COC(=O)CCCCCCCCCCC)OC(=O)CCCCCCCCC(C)C)OC(=O)CCCCCCCCCCCC(C)C. The number of carbonyl (C=O) groups is 4. The van der Waals surface area contributed by atoms with Crippen LogP contribution in [-0.2, 0) is 65.4 Å². The molecule has 81 heavy (non-hydrogen) atoms. The van der Waals surface area contributed by atoms with Crippen LogP contribution in [0.5, 0.6) is 0 Å². The number of aliphatic hydroxyl groups excluding tert-OH is 1. The molecule has 0 aliphatic rings. The molecule has 480 valence electrons. The summed E-state index contributed by atoms with van der Waals surface area (Å²) < 4.78 is 67.8. The van der Waals surface area contributed by atoms with Gasteiger partial charge in [-0.05, 0) is 37.5 Å². The number of esters is 4. The van der Waals surface area contributed by atoms with Crippen LogP contribution < -0.4 is 0 Å². The molecule has 0 fully saturated rings. The van der Waals surface area contributed by atoms with Crippen LogP contribution in [0, 0.1) is 11.8 Å². The summed E-state index contributed by atoms with van der Waals surface area (Å²) in [6.07, 6.45) is 36.3. The lowest BCUT2D eigenvalue weighted by molar-refractivity contribution is -0.161. The number of ether oxygens (including phenoxy) is 4. The van der Waals surface area contributed by atoms with Crippen molar-refractivity contribution in [1.29, 1.82) is 0 Å². The highest BCUT2D eigenvalue weighted by Crippen LogP contribution is 2.45. The summed E-state index contributed by atoms with van der Waals surface area (Å²) in [5.41, 5.74) is 0. The van der Waals surface area contributed by atoms with Crippen LogP contribution >= 0.6 is 15.6 Å². The second-order valence-corrected chi connectivity index (χ2v) is 26.3. The Morgan fingerprint density at radius 2 is 0.568 bits per heavy atom. The largest absolute Gasteiger partial charge is 0.472 e. The molecule has 0 aliphatic carbocycles. The highest BCUT2D eigenvalue weighted by Gasteiger charge is 2.30. The van der Waals surface area contributed by atoms with Crippen molar-refractivity contribution in [3.63, 3.8) is 0 Å². The zero-order valence-corrected chi connectivity index (χ0v) is 53.9. The van der Waals surface area contributed by atoms with Crippen LogP contribution in [0.1, 0.15) is 305 Å². The molecule has 17 nitrogen and oxygen atoms in total. The first-order valence-corrected chi connectivity index (χ1v) is 35.5. The molecular weight excluding hydrogens is 1080 g/mol. The van der Waals surface area contributed by atoms with E-state index in [1.165, 1.54) is 122 Å². The predicted molar refractivity (Wildman–Crippen MR) is 321 cm³/mol. The average molecular weight is 1200 g/mol. The summed E-state index contributed by atoms with van der Waals surface area (Å²) in [5, 5.41) is 10.5. The topological polar surface area (TPSA) is 237 Å². The van der Waals surface area contributed by atoms with Gasteiger partial charge in [-0.2, -0.15) is 0 Å². The number of unbranched alkanes of at least 4 members (excludes halogenated alkanes) is 31. The van der Waals surface area contributed by atoms with Crippen molar-refractivity contribution < 1.29 is 80.2 Å². The van der Waals surface area contributed by atoms with Gasteiger partial charge in [0.2, 0.25) is 0 Å². The summed E-state index contributed by atoms with van der Waals surface area (Å²) in [6, 6.07) is 0. The number of phosphoric ester groups is 2. The number of phosphoric acid groups is 2. The van der Waals surface area contributed by atoms with Gasteiger partial charge in [-0.3, -0.25) is 37.3 Å². The van der Waals surface area contributed by atoms with E-state index in [0.29, 0.717) is 31.6 Å². The van der Waals surface area contributed by atoms with Crippen LogP contribution in [0.15, 0.2) is 0 Å². The van der Waals surface area contributed by atoms with Gasteiger partial charge in [0.1, 0.15) is 19.3 Å². The minimum atomic E-state index is -4.94. The number of carbonyl (C=O) groups excluding carboxylic acids is 4. The first-order chi connectivity index (χ1) is 38.9. The molecule has 0 saturated heterocycles. The Morgan fingerprint density at radius 1 is 0.333 bits per heavy atom. The van der Waals surface area contributed by atoms with E-state index in [-0.39, 0.29) is 25.7 Å². The summed E-state index contributed by atoms with van der Waals surface area (Å²) in [7, 11) is -9.88. The molecule has 0 amide bonds. The maximum absolute atomic E-state index is 12.9. The van der Waals surface area contributed by atoms with Crippen molar-refractivity contribution >= 4 is 39.5 Å². The summed E-state index contributed by atoms with van der Waals surface area (Å²) in [6.45, 7) is 9.34. The van der Waals surface area contributed by atoms with E-state index >= 15 is 0 Å². The third-order valence-electron chi connectivity index (χ3n) is 14.2. The molecule has 19 heteroatoms. The summed E-state index contributed by atoms with van der Waals surface area (Å²) >= 11 is 0. The van der Waals surface area contributed by atoms with Gasteiger partial charge in [-0.15, -0.1) is 0 Å². The fraction of sp³-hybridized carbons (Fsp3) is 0.935.